The number of pyridine rings is 1. The molecule has 0 aliphatic heterocycles. The Morgan fingerprint density at radius 3 is 2.52 bits per heavy atom. The molecule has 1 aromatic heterocycles. The number of nitrogens with zero attached hydrogens (tertiary/aromatic N) is 1. The van der Waals surface area contributed by atoms with Crippen LogP contribution in [0.15, 0.2) is 30.3 Å². The molecule has 0 saturated heterocycles. The molecule has 0 aliphatic carbocycles. The van der Waals surface area contributed by atoms with Crippen LogP contribution in [0, 0.1) is 6.92 Å². The number of fused-ring (bicyclic) bond motifs is 1. The van der Waals surface area contributed by atoms with Gasteiger partial charge in [0.05, 0.1) is 6.61 Å². The molecular formula is C17H23NO3. The first-order chi connectivity index (χ1) is 10.2. The maximum Gasteiger partial charge on any atom is 0.160 e. The van der Waals surface area contributed by atoms with Crippen molar-refractivity contribution in [3.05, 3.63) is 36.0 Å². The second-order valence-corrected chi connectivity index (χ2v) is 4.76. The average Bonchev–Trinajstić information content (AvgIpc) is 2.48. The second-order valence-electron chi connectivity index (χ2n) is 4.76. The van der Waals surface area contributed by atoms with E-state index in [4.69, 9.17) is 14.2 Å². The largest absolute Gasteiger partial charge is 0.491 e. The van der Waals surface area contributed by atoms with Gasteiger partial charge in [0.25, 0.3) is 0 Å². The van der Waals surface area contributed by atoms with Crippen molar-refractivity contribution < 1.29 is 14.2 Å². The van der Waals surface area contributed by atoms with Crippen LogP contribution in [0.4, 0.5) is 0 Å². The molecule has 0 amide bonds. The third-order valence-electron chi connectivity index (χ3n) is 3.14. The van der Waals surface area contributed by atoms with Gasteiger partial charge in [-0.05, 0) is 32.9 Å². The van der Waals surface area contributed by atoms with E-state index in [1.54, 1.807) is 0 Å². The number of aryl methyl sites for hydroxylation is 1. The van der Waals surface area contributed by atoms with Crippen LogP contribution in [0.3, 0.4) is 0 Å². The molecule has 1 heterocycles. The number of para-hydroxylation sites is 1. The summed E-state index contributed by atoms with van der Waals surface area (Å²) >= 11 is 0. The summed E-state index contributed by atoms with van der Waals surface area (Å²) in [6, 6.07) is 10.0. The van der Waals surface area contributed by atoms with Crippen molar-refractivity contribution in [1.82, 2.24) is 4.98 Å². The van der Waals surface area contributed by atoms with Crippen molar-refractivity contribution in [2.75, 3.05) is 19.8 Å². The Balaban J connectivity index is 2.01. The number of rotatable bonds is 8. The van der Waals surface area contributed by atoms with Crippen molar-refractivity contribution >= 4 is 10.9 Å². The van der Waals surface area contributed by atoms with Gasteiger partial charge in [0.15, 0.2) is 6.29 Å². The van der Waals surface area contributed by atoms with E-state index in [1.165, 1.54) is 0 Å². The van der Waals surface area contributed by atoms with Gasteiger partial charge >= 0.3 is 0 Å². The molecule has 21 heavy (non-hydrogen) atoms. The Morgan fingerprint density at radius 1 is 1.05 bits per heavy atom. The van der Waals surface area contributed by atoms with Crippen molar-refractivity contribution in [3.63, 3.8) is 0 Å². The molecule has 0 fully saturated rings. The van der Waals surface area contributed by atoms with E-state index in [1.807, 2.05) is 45.0 Å². The molecule has 0 N–H and O–H groups in total. The molecule has 0 saturated carbocycles. The quantitative estimate of drug-likeness (QED) is 0.695. The standard InChI is InChI=1S/C17H23NO3/c1-4-19-16(20-5-2)11-12-21-15-8-6-7-14-10-9-13(3)18-17(14)15/h6-10,16H,4-5,11-12H2,1-3H3. The zero-order valence-corrected chi connectivity index (χ0v) is 13.0. The van der Waals surface area contributed by atoms with Gasteiger partial charge in [0, 0.05) is 30.7 Å². The van der Waals surface area contributed by atoms with Crippen LogP contribution in [0.1, 0.15) is 26.0 Å². The van der Waals surface area contributed by atoms with Gasteiger partial charge in [-0.2, -0.15) is 0 Å². The van der Waals surface area contributed by atoms with E-state index in [9.17, 15) is 0 Å². The topological polar surface area (TPSA) is 40.6 Å². The molecular weight excluding hydrogens is 266 g/mol. The monoisotopic (exact) mass is 289 g/mol. The van der Waals surface area contributed by atoms with Crippen LogP contribution in [-0.4, -0.2) is 31.1 Å². The second kappa shape index (κ2) is 7.96. The molecule has 4 nitrogen and oxygen atoms in total. The zero-order chi connectivity index (χ0) is 15.1. The number of benzene rings is 1. The molecule has 0 unspecified atom stereocenters. The lowest BCUT2D eigenvalue weighted by Crippen LogP contribution is -2.20. The average molecular weight is 289 g/mol. The van der Waals surface area contributed by atoms with E-state index in [-0.39, 0.29) is 6.29 Å². The van der Waals surface area contributed by atoms with Gasteiger partial charge in [-0.25, -0.2) is 4.98 Å². The van der Waals surface area contributed by atoms with Crippen LogP contribution in [0.25, 0.3) is 10.9 Å². The molecule has 4 heteroatoms. The molecule has 1 aromatic carbocycles. The fourth-order valence-electron chi connectivity index (χ4n) is 2.19. The van der Waals surface area contributed by atoms with E-state index in [2.05, 4.69) is 11.1 Å². The maximum absolute atomic E-state index is 5.87. The third kappa shape index (κ3) is 4.41. The lowest BCUT2D eigenvalue weighted by molar-refractivity contribution is -0.142. The van der Waals surface area contributed by atoms with Crippen LogP contribution >= 0.6 is 0 Å². The van der Waals surface area contributed by atoms with Gasteiger partial charge in [-0.15, -0.1) is 0 Å². The molecule has 0 radical (unpaired) electrons. The Labute approximate surface area is 126 Å². The van der Waals surface area contributed by atoms with E-state index >= 15 is 0 Å². The molecule has 2 rings (SSSR count). The summed E-state index contributed by atoms with van der Waals surface area (Å²) in [4.78, 5) is 4.56. The summed E-state index contributed by atoms with van der Waals surface area (Å²) in [6.07, 6.45) is 0.494. The summed E-state index contributed by atoms with van der Waals surface area (Å²) < 4.78 is 16.9. The summed E-state index contributed by atoms with van der Waals surface area (Å²) in [7, 11) is 0. The summed E-state index contributed by atoms with van der Waals surface area (Å²) in [5.41, 5.74) is 1.89. The fraction of sp³-hybridized carbons (Fsp3) is 0.471. The third-order valence-corrected chi connectivity index (χ3v) is 3.14. The Morgan fingerprint density at radius 2 is 1.81 bits per heavy atom. The van der Waals surface area contributed by atoms with Gasteiger partial charge in [-0.1, -0.05) is 18.2 Å². The number of ether oxygens (including phenoxy) is 3. The van der Waals surface area contributed by atoms with E-state index in [0.717, 1.165) is 22.3 Å². The molecule has 114 valence electrons. The predicted octanol–water partition coefficient (Wildman–Crippen LogP) is 3.71. The van der Waals surface area contributed by atoms with E-state index in [0.29, 0.717) is 26.2 Å². The first-order valence-corrected chi connectivity index (χ1v) is 7.47. The minimum Gasteiger partial charge on any atom is -0.491 e. The number of hydrogen-bond donors (Lipinski definition) is 0. The van der Waals surface area contributed by atoms with Gasteiger partial charge in [0.1, 0.15) is 11.3 Å². The highest BCUT2D eigenvalue weighted by Crippen LogP contribution is 2.24. The molecule has 0 spiro atoms. The minimum atomic E-state index is -0.204. The van der Waals surface area contributed by atoms with Gasteiger partial charge < -0.3 is 14.2 Å². The van der Waals surface area contributed by atoms with Crippen LogP contribution in [0.5, 0.6) is 5.75 Å². The molecule has 0 aliphatic rings. The predicted molar refractivity (Wildman–Crippen MR) is 83.6 cm³/mol. The molecule has 2 aromatic rings. The highest BCUT2D eigenvalue weighted by molar-refractivity contribution is 5.84. The normalized spacial score (nSPS) is 11.2. The molecule has 0 atom stereocenters. The molecule has 0 bridgehead atoms. The van der Waals surface area contributed by atoms with Crippen molar-refractivity contribution in [1.29, 1.82) is 0 Å². The summed E-state index contributed by atoms with van der Waals surface area (Å²) in [5, 5.41) is 1.09. The van der Waals surface area contributed by atoms with Crippen LogP contribution < -0.4 is 4.74 Å². The maximum atomic E-state index is 5.87. The minimum absolute atomic E-state index is 0.204. The van der Waals surface area contributed by atoms with Gasteiger partial charge in [-0.3, -0.25) is 0 Å². The Kier molecular flexibility index (Phi) is 5.96. The highest BCUT2D eigenvalue weighted by Gasteiger charge is 2.09. The number of aromatic nitrogens is 1. The van der Waals surface area contributed by atoms with Crippen LogP contribution in [0.2, 0.25) is 0 Å². The van der Waals surface area contributed by atoms with Crippen molar-refractivity contribution in [2.45, 2.75) is 33.5 Å². The number of hydrogen-bond acceptors (Lipinski definition) is 4. The zero-order valence-electron chi connectivity index (χ0n) is 13.0. The van der Waals surface area contributed by atoms with Crippen molar-refractivity contribution in [2.24, 2.45) is 0 Å². The van der Waals surface area contributed by atoms with Crippen molar-refractivity contribution in [3.8, 4) is 5.75 Å². The first-order valence-electron chi connectivity index (χ1n) is 7.47. The lowest BCUT2D eigenvalue weighted by atomic mass is 10.2. The lowest BCUT2D eigenvalue weighted by Gasteiger charge is -2.17. The van der Waals surface area contributed by atoms with E-state index < -0.39 is 0 Å². The fourth-order valence-corrected chi connectivity index (χ4v) is 2.19. The highest BCUT2D eigenvalue weighted by atomic mass is 16.7. The summed E-state index contributed by atoms with van der Waals surface area (Å²) in [6.45, 7) is 7.73. The van der Waals surface area contributed by atoms with Crippen LogP contribution in [-0.2, 0) is 9.47 Å². The Hall–Kier alpha value is -1.65. The smallest absolute Gasteiger partial charge is 0.160 e. The first kappa shape index (κ1) is 15.7. The Bertz CT molecular complexity index is 565. The summed E-state index contributed by atoms with van der Waals surface area (Å²) in [5.74, 6) is 0.808. The SMILES string of the molecule is CCOC(CCOc1cccc2ccc(C)nc12)OCC. The van der Waals surface area contributed by atoms with Gasteiger partial charge in [0.2, 0.25) is 0 Å².